The number of carbonyl (C=O) groups is 1. The first-order valence-electron chi connectivity index (χ1n) is 11.5. The van der Waals surface area contributed by atoms with E-state index in [-0.39, 0.29) is 12.0 Å². The number of nitrogens with zero attached hydrogens (tertiary/aromatic N) is 8. The molecule has 11 heteroatoms. The Morgan fingerprint density at radius 2 is 2.09 bits per heavy atom. The molecule has 0 amide bonds. The van der Waals surface area contributed by atoms with Gasteiger partial charge in [0.1, 0.15) is 11.4 Å². The van der Waals surface area contributed by atoms with Crippen molar-refractivity contribution in [3.05, 3.63) is 29.3 Å². The Balaban J connectivity index is 1.49. The molecule has 3 aromatic heterocycles. The van der Waals surface area contributed by atoms with Crippen LogP contribution >= 0.6 is 0 Å². The quantitative estimate of drug-likeness (QED) is 0.517. The van der Waals surface area contributed by atoms with Gasteiger partial charge in [0.2, 0.25) is 0 Å². The van der Waals surface area contributed by atoms with Crippen LogP contribution in [0.2, 0.25) is 0 Å². The molecule has 0 bridgehead atoms. The monoisotopic (exact) mass is 454 g/mol. The fourth-order valence-electron chi connectivity index (χ4n) is 4.13. The van der Waals surface area contributed by atoms with Crippen molar-refractivity contribution in [1.29, 1.82) is 0 Å². The molecule has 0 aliphatic heterocycles. The molecule has 1 aliphatic rings. The molecule has 3 heterocycles. The number of unbranched alkanes of at least 4 members (excludes halogenated alkanes) is 1. The normalized spacial score (nSPS) is 18.4. The fraction of sp³-hybridized carbons (Fsp3) is 0.591. The molecule has 0 radical (unpaired) electrons. The second-order valence-electron chi connectivity index (χ2n) is 8.56. The van der Waals surface area contributed by atoms with Gasteiger partial charge in [-0.05, 0) is 56.4 Å². The Morgan fingerprint density at radius 3 is 2.85 bits per heavy atom. The number of rotatable bonds is 9. The maximum absolute atomic E-state index is 11.3. The van der Waals surface area contributed by atoms with E-state index in [1.807, 2.05) is 26.1 Å². The highest BCUT2D eigenvalue weighted by Crippen LogP contribution is 2.30. The third kappa shape index (κ3) is 5.35. The lowest BCUT2D eigenvalue weighted by atomic mass is 9.87. The van der Waals surface area contributed by atoms with E-state index in [0.717, 1.165) is 43.6 Å². The van der Waals surface area contributed by atoms with Gasteiger partial charge >= 0.3 is 5.97 Å². The number of aromatic nitrogens is 8. The summed E-state index contributed by atoms with van der Waals surface area (Å²) in [5, 5.41) is 30.5. The highest BCUT2D eigenvalue weighted by atomic mass is 16.5. The van der Waals surface area contributed by atoms with E-state index in [1.165, 1.54) is 0 Å². The summed E-state index contributed by atoms with van der Waals surface area (Å²) in [6.07, 6.45) is 5.35. The van der Waals surface area contributed by atoms with Crippen LogP contribution in [0.25, 0.3) is 11.4 Å². The van der Waals surface area contributed by atoms with Crippen molar-refractivity contribution in [3.8, 4) is 17.1 Å². The van der Waals surface area contributed by atoms with Crippen molar-refractivity contribution >= 4 is 5.97 Å². The zero-order valence-corrected chi connectivity index (χ0v) is 19.3. The van der Waals surface area contributed by atoms with Crippen molar-refractivity contribution in [2.45, 2.75) is 71.4 Å². The van der Waals surface area contributed by atoms with Crippen molar-refractivity contribution in [1.82, 2.24) is 40.2 Å². The third-order valence-electron chi connectivity index (χ3n) is 6.02. The maximum atomic E-state index is 11.3. The number of carboxylic acids is 1. The molecule has 1 fully saturated rings. The van der Waals surface area contributed by atoms with Gasteiger partial charge in [-0.1, -0.05) is 18.6 Å². The smallest absolute Gasteiger partial charge is 0.306 e. The SMILES string of the molecule is CCCCn1nnc(Cc2c(-c3ccc(O[C@H]4CCC[C@H](C(=O)O)C4)c(C)n3)nnn2C)n1. The second-order valence-corrected chi connectivity index (χ2v) is 8.56. The van der Waals surface area contributed by atoms with E-state index < -0.39 is 5.97 Å². The Bertz CT molecular complexity index is 1110. The number of hydrogen-bond donors (Lipinski definition) is 1. The summed E-state index contributed by atoms with van der Waals surface area (Å²) in [5.74, 6) is 0.191. The van der Waals surface area contributed by atoms with Crippen molar-refractivity contribution in [3.63, 3.8) is 0 Å². The Labute approximate surface area is 192 Å². The number of hydrogen-bond acceptors (Lipinski definition) is 8. The summed E-state index contributed by atoms with van der Waals surface area (Å²) in [7, 11) is 1.83. The lowest BCUT2D eigenvalue weighted by Gasteiger charge is -2.27. The average molecular weight is 455 g/mol. The van der Waals surface area contributed by atoms with Gasteiger partial charge in [0, 0.05) is 7.05 Å². The van der Waals surface area contributed by atoms with Crippen LogP contribution in [0.15, 0.2) is 12.1 Å². The Hall–Kier alpha value is -3.37. The van der Waals surface area contributed by atoms with Crippen LogP contribution in [-0.2, 0) is 24.8 Å². The maximum Gasteiger partial charge on any atom is 0.306 e. The minimum Gasteiger partial charge on any atom is -0.489 e. The predicted octanol–water partition coefficient (Wildman–Crippen LogP) is 2.59. The topological polar surface area (TPSA) is 134 Å². The molecule has 0 saturated heterocycles. The van der Waals surface area contributed by atoms with Gasteiger partial charge in [0.05, 0.1) is 42.1 Å². The zero-order chi connectivity index (χ0) is 23.4. The van der Waals surface area contributed by atoms with Gasteiger partial charge in [-0.2, -0.15) is 4.80 Å². The van der Waals surface area contributed by atoms with Crippen molar-refractivity contribution in [2.75, 3.05) is 0 Å². The van der Waals surface area contributed by atoms with Crippen LogP contribution in [-0.4, -0.2) is 57.4 Å². The molecule has 3 aromatic rings. The molecule has 4 rings (SSSR count). The second kappa shape index (κ2) is 10.1. The fourth-order valence-corrected chi connectivity index (χ4v) is 4.13. The molecule has 0 aromatic carbocycles. The Kier molecular flexibility index (Phi) is 6.95. The van der Waals surface area contributed by atoms with Crippen molar-refractivity contribution in [2.24, 2.45) is 13.0 Å². The predicted molar refractivity (Wildman–Crippen MR) is 119 cm³/mol. The van der Waals surface area contributed by atoms with E-state index in [0.29, 0.717) is 42.2 Å². The van der Waals surface area contributed by atoms with Crippen LogP contribution in [0, 0.1) is 12.8 Å². The highest BCUT2D eigenvalue weighted by molar-refractivity contribution is 5.70. The van der Waals surface area contributed by atoms with E-state index >= 15 is 0 Å². The molecule has 33 heavy (non-hydrogen) atoms. The largest absolute Gasteiger partial charge is 0.489 e. The van der Waals surface area contributed by atoms with Gasteiger partial charge in [-0.3, -0.25) is 9.48 Å². The first-order valence-corrected chi connectivity index (χ1v) is 11.5. The van der Waals surface area contributed by atoms with Gasteiger partial charge in [0.15, 0.2) is 5.82 Å². The standard InChI is InChI=1S/C22H30N8O3/c1-4-5-11-30-26-20(24-28-30)13-18-21(25-27-29(18)3)17-9-10-19(14(2)23-17)33-16-8-6-7-15(12-16)22(31)32/h9-10,15-16H,4-8,11-13H2,1-3H3,(H,31,32)/t15-,16-/m0/s1. The lowest BCUT2D eigenvalue weighted by Crippen LogP contribution is -2.29. The van der Waals surface area contributed by atoms with Crippen LogP contribution in [0.4, 0.5) is 0 Å². The Morgan fingerprint density at radius 1 is 1.24 bits per heavy atom. The van der Waals surface area contributed by atoms with Crippen LogP contribution in [0.5, 0.6) is 5.75 Å². The molecular weight excluding hydrogens is 424 g/mol. The summed E-state index contributed by atoms with van der Waals surface area (Å²) in [6, 6.07) is 3.73. The minimum absolute atomic E-state index is 0.111. The third-order valence-corrected chi connectivity index (χ3v) is 6.02. The van der Waals surface area contributed by atoms with Gasteiger partial charge in [-0.15, -0.1) is 15.3 Å². The lowest BCUT2D eigenvalue weighted by molar-refractivity contribution is -0.143. The summed E-state index contributed by atoms with van der Waals surface area (Å²) >= 11 is 0. The molecule has 1 saturated carbocycles. The van der Waals surface area contributed by atoms with E-state index in [4.69, 9.17) is 9.72 Å². The van der Waals surface area contributed by atoms with E-state index in [2.05, 4.69) is 32.6 Å². The number of pyridine rings is 1. The number of ether oxygens (including phenoxy) is 1. The molecular formula is C22H30N8O3. The van der Waals surface area contributed by atoms with Gasteiger partial charge in [0.25, 0.3) is 0 Å². The van der Waals surface area contributed by atoms with Crippen LogP contribution in [0.3, 0.4) is 0 Å². The molecule has 0 unspecified atom stereocenters. The first kappa shape index (κ1) is 22.8. The number of aliphatic carboxylic acids is 1. The van der Waals surface area contributed by atoms with E-state index in [1.54, 1.807) is 9.48 Å². The minimum atomic E-state index is -0.747. The number of carboxylic acid groups (broad SMARTS) is 1. The molecule has 1 N–H and O–H groups in total. The van der Waals surface area contributed by atoms with E-state index in [9.17, 15) is 9.90 Å². The first-order chi connectivity index (χ1) is 15.9. The summed E-state index contributed by atoms with van der Waals surface area (Å²) in [5.41, 5.74) is 2.93. The molecule has 0 spiro atoms. The molecule has 176 valence electrons. The number of aryl methyl sites for hydroxylation is 3. The molecule has 11 nitrogen and oxygen atoms in total. The number of tetrazole rings is 1. The molecule has 1 aliphatic carbocycles. The molecule has 2 atom stereocenters. The van der Waals surface area contributed by atoms with Crippen LogP contribution < -0.4 is 4.74 Å². The van der Waals surface area contributed by atoms with Gasteiger partial charge < -0.3 is 9.84 Å². The highest BCUT2D eigenvalue weighted by Gasteiger charge is 2.28. The van der Waals surface area contributed by atoms with Crippen molar-refractivity contribution < 1.29 is 14.6 Å². The van der Waals surface area contributed by atoms with Gasteiger partial charge in [-0.25, -0.2) is 4.98 Å². The zero-order valence-electron chi connectivity index (χ0n) is 19.3. The average Bonchev–Trinajstić information content (AvgIpc) is 3.41. The summed E-state index contributed by atoms with van der Waals surface area (Å²) in [6.45, 7) is 4.75. The summed E-state index contributed by atoms with van der Waals surface area (Å²) < 4.78 is 7.83. The summed E-state index contributed by atoms with van der Waals surface area (Å²) in [4.78, 5) is 17.7. The van der Waals surface area contributed by atoms with Crippen LogP contribution in [0.1, 0.15) is 62.7 Å².